The maximum absolute atomic E-state index is 12.3. The Morgan fingerprint density at radius 1 is 1.24 bits per heavy atom. The van der Waals surface area contributed by atoms with Crippen LogP contribution in [0.4, 0.5) is 14.9 Å². The van der Waals surface area contributed by atoms with Gasteiger partial charge in [0.15, 0.2) is 10.9 Å². The van der Waals surface area contributed by atoms with Crippen molar-refractivity contribution < 1.29 is 14.0 Å². The first kappa shape index (κ1) is 15.9. The van der Waals surface area contributed by atoms with Gasteiger partial charge in [0.2, 0.25) is 0 Å². The molecule has 0 radical (unpaired) electrons. The van der Waals surface area contributed by atoms with E-state index in [1.165, 1.54) is 28.9 Å². The zero-order valence-electron chi connectivity index (χ0n) is 13.0. The highest BCUT2D eigenvalue weighted by Crippen LogP contribution is 2.29. The summed E-state index contributed by atoms with van der Waals surface area (Å²) in [6.45, 7) is 1.08. The Bertz CT molecular complexity index is 887. The molecule has 0 saturated carbocycles. The summed E-state index contributed by atoms with van der Waals surface area (Å²) in [5.74, 6) is -0.0893. The van der Waals surface area contributed by atoms with Crippen LogP contribution in [0.1, 0.15) is 21.1 Å². The number of nitrogens with zero attached hydrogens (tertiary/aromatic N) is 2. The predicted molar refractivity (Wildman–Crippen MR) is 96.2 cm³/mol. The van der Waals surface area contributed by atoms with Gasteiger partial charge in [0.05, 0.1) is 23.5 Å². The van der Waals surface area contributed by atoms with Crippen molar-refractivity contribution in [3.63, 3.8) is 0 Å². The molecular weight excluding hydrogens is 360 g/mol. The van der Waals surface area contributed by atoms with Gasteiger partial charge in [-0.1, -0.05) is 11.3 Å². The highest BCUT2D eigenvalue weighted by atomic mass is 32.1. The summed E-state index contributed by atoms with van der Waals surface area (Å²) in [7, 11) is 0. The van der Waals surface area contributed by atoms with E-state index in [2.05, 4.69) is 15.6 Å². The normalized spacial score (nSPS) is 13.4. The monoisotopic (exact) mass is 374 g/mol. The molecule has 0 unspecified atom stereocenters. The lowest BCUT2D eigenvalue weighted by atomic mass is 10.2. The molecule has 4 heterocycles. The van der Waals surface area contributed by atoms with E-state index >= 15 is 0 Å². The Morgan fingerprint density at radius 3 is 2.92 bits per heavy atom. The number of nitrogens with one attached hydrogen (secondary N) is 2. The summed E-state index contributed by atoms with van der Waals surface area (Å²) in [5.41, 5.74) is 0.930. The molecule has 0 saturated heterocycles. The van der Waals surface area contributed by atoms with Gasteiger partial charge in [-0.3, -0.25) is 15.4 Å². The molecule has 0 fully saturated rings. The summed E-state index contributed by atoms with van der Waals surface area (Å²) in [6, 6.07) is 6.90. The van der Waals surface area contributed by atoms with Crippen molar-refractivity contribution in [3.05, 3.63) is 52.2 Å². The molecule has 3 aromatic heterocycles. The Kier molecular flexibility index (Phi) is 4.24. The second kappa shape index (κ2) is 6.69. The van der Waals surface area contributed by atoms with E-state index in [0.717, 1.165) is 15.6 Å². The summed E-state index contributed by atoms with van der Waals surface area (Å²) in [5, 5.41) is 8.89. The van der Waals surface area contributed by atoms with E-state index in [1.807, 2.05) is 17.5 Å². The van der Waals surface area contributed by atoms with Crippen molar-refractivity contribution >= 4 is 44.7 Å². The first-order chi connectivity index (χ1) is 12.2. The minimum absolute atomic E-state index is 0.123. The number of furan rings is 1. The number of carbonyl (C=O) groups is 2. The van der Waals surface area contributed by atoms with Crippen LogP contribution in [0.25, 0.3) is 0 Å². The molecule has 0 bridgehead atoms. The number of thiazole rings is 1. The van der Waals surface area contributed by atoms with E-state index in [-0.39, 0.29) is 17.7 Å². The zero-order valence-corrected chi connectivity index (χ0v) is 14.7. The van der Waals surface area contributed by atoms with Gasteiger partial charge in [0, 0.05) is 17.8 Å². The van der Waals surface area contributed by atoms with Crippen LogP contribution >= 0.6 is 22.7 Å². The standard InChI is InChI=1S/C16H14N4O3S2/c21-14(11-3-1-7-23-11)19-15-17-10-5-6-20(9-12(10)25-15)16(22)18-13-4-2-8-24-13/h1-4,7-8H,5-6,9H2,(H,18,22)(H,17,19,21). The van der Waals surface area contributed by atoms with Gasteiger partial charge < -0.3 is 9.32 Å². The number of amides is 3. The third-order valence-corrected chi connectivity index (χ3v) is 5.52. The molecule has 1 aliphatic heterocycles. The Labute approximate surface area is 151 Å². The molecule has 7 nitrogen and oxygen atoms in total. The zero-order chi connectivity index (χ0) is 17.2. The average Bonchev–Trinajstić information content (AvgIpc) is 3.35. The van der Waals surface area contributed by atoms with E-state index in [4.69, 9.17) is 4.42 Å². The fraction of sp³-hybridized carbons (Fsp3) is 0.188. The van der Waals surface area contributed by atoms with Gasteiger partial charge in [0.25, 0.3) is 5.91 Å². The van der Waals surface area contributed by atoms with Gasteiger partial charge in [-0.25, -0.2) is 9.78 Å². The molecule has 25 heavy (non-hydrogen) atoms. The topological polar surface area (TPSA) is 87.5 Å². The lowest BCUT2D eigenvalue weighted by Crippen LogP contribution is -2.38. The van der Waals surface area contributed by atoms with Crippen molar-refractivity contribution in [2.75, 3.05) is 17.2 Å². The molecule has 2 N–H and O–H groups in total. The SMILES string of the molecule is O=C(Nc1nc2c(s1)CN(C(=O)Nc1cccs1)CC2)c1ccco1. The first-order valence-corrected chi connectivity index (χ1v) is 9.31. The summed E-state index contributed by atoms with van der Waals surface area (Å²) in [4.78, 5) is 31.6. The van der Waals surface area contributed by atoms with Gasteiger partial charge in [0.1, 0.15) is 0 Å². The first-order valence-electron chi connectivity index (χ1n) is 7.62. The van der Waals surface area contributed by atoms with E-state index in [9.17, 15) is 9.59 Å². The van der Waals surface area contributed by atoms with Crippen LogP contribution in [0.2, 0.25) is 0 Å². The molecule has 128 valence electrons. The molecule has 0 aliphatic carbocycles. The maximum atomic E-state index is 12.3. The van der Waals surface area contributed by atoms with Crippen LogP contribution < -0.4 is 10.6 Å². The molecular formula is C16H14N4O3S2. The van der Waals surface area contributed by atoms with Gasteiger partial charge in [-0.2, -0.15) is 0 Å². The predicted octanol–water partition coefficient (Wildman–Crippen LogP) is 3.64. The lowest BCUT2D eigenvalue weighted by Gasteiger charge is -2.25. The van der Waals surface area contributed by atoms with E-state index in [1.54, 1.807) is 17.0 Å². The van der Waals surface area contributed by atoms with Crippen LogP contribution in [0.15, 0.2) is 40.3 Å². The number of rotatable bonds is 3. The average molecular weight is 374 g/mol. The van der Waals surface area contributed by atoms with Crippen molar-refractivity contribution in [1.29, 1.82) is 0 Å². The Balaban J connectivity index is 1.42. The third kappa shape index (κ3) is 3.42. The lowest BCUT2D eigenvalue weighted by molar-refractivity contribution is 0.0996. The summed E-state index contributed by atoms with van der Waals surface area (Å²) >= 11 is 2.87. The largest absolute Gasteiger partial charge is 0.459 e. The second-order valence-electron chi connectivity index (χ2n) is 5.40. The fourth-order valence-corrected chi connectivity index (χ4v) is 4.15. The number of fused-ring (bicyclic) bond motifs is 1. The van der Waals surface area contributed by atoms with Crippen molar-refractivity contribution in [2.45, 2.75) is 13.0 Å². The number of hydrogen-bond donors (Lipinski definition) is 2. The van der Waals surface area contributed by atoms with Crippen LogP contribution in [0.3, 0.4) is 0 Å². The molecule has 3 amide bonds. The number of urea groups is 1. The van der Waals surface area contributed by atoms with Crippen molar-refractivity contribution in [3.8, 4) is 0 Å². The highest BCUT2D eigenvalue weighted by molar-refractivity contribution is 7.16. The van der Waals surface area contributed by atoms with Gasteiger partial charge in [-0.05, 0) is 29.6 Å². The van der Waals surface area contributed by atoms with Crippen LogP contribution in [0, 0.1) is 0 Å². The van der Waals surface area contributed by atoms with Gasteiger partial charge in [-0.15, -0.1) is 11.3 Å². The van der Waals surface area contributed by atoms with Crippen molar-refractivity contribution in [2.24, 2.45) is 0 Å². The number of anilines is 2. The molecule has 0 aromatic carbocycles. The second-order valence-corrected chi connectivity index (χ2v) is 7.43. The smallest absolute Gasteiger partial charge is 0.322 e. The quantitative estimate of drug-likeness (QED) is 0.733. The fourth-order valence-electron chi connectivity index (χ4n) is 2.52. The molecule has 9 heteroatoms. The van der Waals surface area contributed by atoms with Crippen LogP contribution in [0.5, 0.6) is 0 Å². The Morgan fingerprint density at radius 2 is 2.16 bits per heavy atom. The van der Waals surface area contributed by atoms with E-state index < -0.39 is 0 Å². The minimum Gasteiger partial charge on any atom is -0.459 e. The van der Waals surface area contributed by atoms with Crippen LogP contribution in [-0.2, 0) is 13.0 Å². The molecule has 4 rings (SSSR count). The van der Waals surface area contributed by atoms with Crippen LogP contribution in [-0.4, -0.2) is 28.4 Å². The van der Waals surface area contributed by atoms with Crippen molar-refractivity contribution in [1.82, 2.24) is 9.88 Å². The molecule has 0 spiro atoms. The van der Waals surface area contributed by atoms with Gasteiger partial charge >= 0.3 is 6.03 Å². The number of thiophene rings is 1. The molecule has 0 atom stereocenters. The number of carbonyl (C=O) groups excluding carboxylic acids is 2. The number of aromatic nitrogens is 1. The summed E-state index contributed by atoms with van der Waals surface area (Å²) in [6.07, 6.45) is 2.12. The molecule has 1 aliphatic rings. The van der Waals surface area contributed by atoms with E-state index in [0.29, 0.717) is 24.6 Å². The summed E-state index contributed by atoms with van der Waals surface area (Å²) < 4.78 is 5.07. The molecule has 3 aromatic rings. The minimum atomic E-state index is -0.330. The maximum Gasteiger partial charge on any atom is 0.322 e. The number of hydrogen-bond acceptors (Lipinski definition) is 6. The highest BCUT2D eigenvalue weighted by Gasteiger charge is 2.25. The third-order valence-electron chi connectivity index (χ3n) is 3.74. The Hall–Kier alpha value is -2.65.